The van der Waals surface area contributed by atoms with Crippen LogP contribution < -0.4 is 10.5 Å². The molecule has 26 heavy (non-hydrogen) atoms. The predicted molar refractivity (Wildman–Crippen MR) is 104 cm³/mol. The first-order chi connectivity index (χ1) is 12.4. The van der Waals surface area contributed by atoms with E-state index in [9.17, 15) is 4.79 Å². The average Bonchev–Trinajstić information content (AvgIpc) is 2.78. The second kappa shape index (κ2) is 7.70. The Morgan fingerprint density at radius 1 is 1.23 bits per heavy atom. The molecule has 0 radical (unpaired) electrons. The first kappa shape index (κ1) is 18.1. The average molecular weight is 351 g/mol. The molecule has 0 atom stereocenters. The molecular weight excluding hydrogens is 326 g/mol. The van der Waals surface area contributed by atoms with Gasteiger partial charge in [0, 0.05) is 23.9 Å². The number of hydrogen-bond acceptors (Lipinski definition) is 4. The molecular formula is C21H25N3O2. The Labute approximate surface area is 154 Å². The van der Waals surface area contributed by atoms with Gasteiger partial charge in [0.05, 0.1) is 5.56 Å². The van der Waals surface area contributed by atoms with Crippen molar-refractivity contribution < 1.29 is 9.53 Å². The zero-order chi connectivity index (χ0) is 18.7. The molecule has 0 fully saturated rings. The zero-order valence-electron chi connectivity index (χ0n) is 15.5. The summed E-state index contributed by atoms with van der Waals surface area (Å²) in [5.74, 6) is 1.44. The van der Waals surface area contributed by atoms with Crippen molar-refractivity contribution in [3.05, 3.63) is 52.7 Å². The van der Waals surface area contributed by atoms with Gasteiger partial charge in [0.15, 0.2) is 0 Å². The fourth-order valence-electron chi connectivity index (χ4n) is 2.88. The van der Waals surface area contributed by atoms with E-state index in [2.05, 4.69) is 42.9 Å². The molecule has 2 heterocycles. The van der Waals surface area contributed by atoms with Gasteiger partial charge in [0.1, 0.15) is 5.75 Å². The van der Waals surface area contributed by atoms with Gasteiger partial charge in [-0.05, 0) is 55.8 Å². The Morgan fingerprint density at radius 2 is 2.00 bits per heavy atom. The lowest BCUT2D eigenvalue weighted by atomic mass is 10.1. The van der Waals surface area contributed by atoms with E-state index < -0.39 is 5.91 Å². The molecule has 1 aliphatic heterocycles. The zero-order valence-corrected chi connectivity index (χ0v) is 15.5. The number of rotatable bonds is 6. The van der Waals surface area contributed by atoms with E-state index in [-0.39, 0.29) is 0 Å². The number of benzene rings is 1. The van der Waals surface area contributed by atoms with Gasteiger partial charge in [-0.15, -0.1) is 0 Å². The second-order valence-electron chi connectivity index (χ2n) is 7.21. The van der Waals surface area contributed by atoms with Crippen LogP contribution in [-0.4, -0.2) is 29.4 Å². The van der Waals surface area contributed by atoms with E-state index in [1.54, 1.807) is 6.07 Å². The molecule has 1 aliphatic rings. The third-order valence-corrected chi connectivity index (χ3v) is 4.43. The lowest BCUT2D eigenvalue weighted by Crippen LogP contribution is -2.20. The number of carbonyl (C=O) groups is 1. The van der Waals surface area contributed by atoms with Gasteiger partial charge in [-0.25, -0.2) is 4.98 Å². The molecule has 136 valence electrons. The van der Waals surface area contributed by atoms with Crippen LogP contribution in [0.2, 0.25) is 0 Å². The summed E-state index contributed by atoms with van der Waals surface area (Å²) >= 11 is 0. The molecule has 0 unspecified atom stereocenters. The first-order valence-electron chi connectivity index (χ1n) is 8.89. The summed E-state index contributed by atoms with van der Waals surface area (Å²) in [6, 6.07) is 7.90. The molecule has 1 aromatic carbocycles. The standard InChI is InChI=1S/C21H25N3O2/c1-14(2)8-9-24(3)13-15-4-7-19-16(10-15)5-6-17-11-18(20(22)25)12-23-21(17)26-19/h4-7,10-12,14H,8-9,13H2,1-3H3,(H2,22,25). The van der Waals surface area contributed by atoms with Crippen molar-refractivity contribution in [2.24, 2.45) is 11.7 Å². The summed E-state index contributed by atoms with van der Waals surface area (Å²) in [7, 11) is 2.14. The fraction of sp³-hybridized carbons (Fsp3) is 0.333. The van der Waals surface area contributed by atoms with E-state index in [1.165, 1.54) is 18.2 Å². The Balaban J connectivity index is 1.79. The number of nitrogens with zero attached hydrogens (tertiary/aromatic N) is 2. The number of ether oxygens (including phenoxy) is 1. The molecule has 0 bridgehead atoms. The van der Waals surface area contributed by atoms with Crippen LogP contribution >= 0.6 is 0 Å². The Morgan fingerprint density at radius 3 is 2.73 bits per heavy atom. The van der Waals surface area contributed by atoms with Crippen LogP contribution in [-0.2, 0) is 6.54 Å². The smallest absolute Gasteiger partial charge is 0.250 e. The van der Waals surface area contributed by atoms with Crippen molar-refractivity contribution in [3.63, 3.8) is 0 Å². The van der Waals surface area contributed by atoms with Crippen LogP contribution in [0.25, 0.3) is 12.2 Å². The molecule has 5 nitrogen and oxygen atoms in total. The molecule has 5 heteroatoms. The van der Waals surface area contributed by atoms with Crippen molar-refractivity contribution in [3.8, 4) is 11.6 Å². The lowest BCUT2D eigenvalue weighted by Gasteiger charge is -2.18. The van der Waals surface area contributed by atoms with Crippen molar-refractivity contribution in [2.45, 2.75) is 26.8 Å². The maximum atomic E-state index is 11.3. The highest BCUT2D eigenvalue weighted by molar-refractivity contribution is 5.93. The molecule has 1 amide bonds. The fourth-order valence-corrected chi connectivity index (χ4v) is 2.88. The van der Waals surface area contributed by atoms with Crippen molar-refractivity contribution in [2.75, 3.05) is 13.6 Å². The molecule has 2 aromatic rings. The van der Waals surface area contributed by atoms with Crippen LogP contribution in [0.3, 0.4) is 0 Å². The molecule has 0 saturated carbocycles. The number of amides is 1. The molecule has 0 aliphatic carbocycles. The molecule has 3 rings (SSSR count). The second-order valence-corrected chi connectivity index (χ2v) is 7.21. The largest absolute Gasteiger partial charge is 0.438 e. The van der Waals surface area contributed by atoms with Gasteiger partial charge >= 0.3 is 0 Å². The number of pyridine rings is 1. The highest BCUT2D eigenvalue weighted by Gasteiger charge is 2.15. The number of aromatic nitrogens is 1. The van der Waals surface area contributed by atoms with E-state index in [0.717, 1.165) is 30.0 Å². The van der Waals surface area contributed by atoms with Gasteiger partial charge in [0.2, 0.25) is 11.8 Å². The quantitative estimate of drug-likeness (QED) is 0.730. The minimum Gasteiger partial charge on any atom is -0.438 e. The van der Waals surface area contributed by atoms with Gasteiger partial charge in [-0.2, -0.15) is 0 Å². The van der Waals surface area contributed by atoms with Crippen molar-refractivity contribution in [1.82, 2.24) is 9.88 Å². The summed E-state index contributed by atoms with van der Waals surface area (Å²) in [6.07, 6.45) is 6.53. The molecule has 2 N–H and O–H groups in total. The Hall–Kier alpha value is -2.66. The van der Waals surface area contributed by atoms with Gasteiger partial charge in [-0.3, -0.25) is 4.79 Å². The van der Waals surface area contributed by atoms with Crippen molar-refractivity contribution in [1.29, 1.82) is 0 Å². The lowest BCUT2D eigenvalue weighted by molar-refractivity contribution is 0.1000. The van der Waals surface area contributed by atoms with E-state index in [4.69, 9.17) is 10.5 Å². The Bertz CT molecular complexity index is 843. The minimum absolute atomic E-state index is 0.371. The highest BCUT2D eigenvalue weighted by atomic mass is 16.5. The molecule has 0 saturated heterocycles. The molecule has 0 spiro atoms. The number of carbonyl (C=O) groups excluding carboxylic acids is 1. The van der Waals surface area contributed by atoms with Crippen LogP contribution in [0, 0.1) is 5.92 Å². The summed E-state index contributed by atoms with van der Waals surface area (Å²) in [6.45, 7) is 6.46. The van der Waals surface area contributed by atoms with Crippen LogP contribution in [0.5, 0.6) is 11.6 Å². The van der Waals surface area contributed by atoms with Gasteiger partial charge < -0.3 is 15.4 Å². The highest BCUT2D eigenvalue weighted by Crippen LogP contribution is 2.33. The maximum absolute atomic E-state index is 11.3. The number of hydrogen-bond donors (Lipinski definition) is 1. The number of fused-ring (bicyclic) bond motifs is 2. The minimum atomic E-state index is -0.498. The molecule has 1 aromatic heterocycles. The topological polar surface area (TPSA) is 68.5 Å². The van der Waals surface area contributed by atoms with Gasteiger partial charge in [0.25, 0.3) is 0 Å². The maximum Gasteiger partial charge on any atom is 0.250 e. The number of nitrogens with two attached hydrogens (primary N) is 1. The van der Waals surface area contributed by atoms with Crippen LogP contribution in [0.4, 0.5) is 0 Å². The van der Waals surface area contributed by atoms with Crippen molar-refractivity contribution >= 4 is 18.1 Å². The normalized spacial score (nSPS) is 12.5. The monoisotopic (exact) mass is 351 g/mol. The predicted octanol–water partition coefficient (Wildman–Crippen LogP) is 3.93. The SMILES string of the molecule is CC(C)CCN(C)Cc1ccc2c(c1)C=Cc1cc(C(N)=O)cnc1O2. The third-order valence-electron chi connectivity index (χ3n) is 4.43. The van der Waals surface area contributed by atoms with E-state index in [1.807, 2.05) is 18.2 Å². The van der Waals surface area contributed by atoms with Crippen LogP contribution in [0.15, 0.2) is 30.5 Å². The summed E-state index contributed by atoms with van der Waals surface area (Å²) in [5, 5.41) is 0. The van der Waals surface area contributed by atoms with E-state index in [0.29, 0.717) is 17.4 Å². The first-order valence-corrected chi connectivity index (χ1v) is 8.89. The third kappa shape index (κ3) is 4.29. The van der Waals surface area contributed by atoms with Crippen LogP contribution in [0.1, 0.15) is 47.3 Å². The Kier molecular flexibility index (Phi) is 5.38. The van der Waals surface area contributed by atoms with Gasteiger partial charge in [-0.1, -0.05) is 26.0 Å². The van der Waals surface area contributed by atoms with E-state index >= 15 is 0 Å². The summed E-state index contributed by atoms with van der Waals surface area (Å²) < 4.78 is 5.94. The number of primary amides is 1. The summed E-state index contributed by atoms with van der Waals surface area (Å²) in [4.78, 5) is 17.9. The summed E-state index contributed by atoms with van der Waals surface area (Å²) in [5.41, 5.74) is 8.68.